The van der Waals surface area contributed by atoms with Crippen molar-refractivity contribution in [2.24, 2.45) is 11.3 Å². The quantitative estimate of drug-likeness (QED) is 0.768. The highest BCUT2D eigenvalue weighted by molar-refractivity contribution is 5.98. The summed E-state index contributed by atoms with van der Waals surface area (Å²) in [6.07, 6.45) is 2.04. The Morgan fingerprint density at radius 2 is 2.16 bits per heavy atom. The normalized spacial score (nSPS) is 19.8. The molecule has 25 heavy (non-hydrogen) atoms. The van der Waals surface area contributed by atoms with Crippen LogP contribution in [0.1, 0.15) is 30.6 Å². The van der Waals surface area contributed by atoms with Crippen LogP contribution in [0.25, 0.3) is 0 Å². The van der Waals surface area contributed by atoms with Crippen LogP contribution in [0.5, 0.6) is 11.5 Å². The first kappa shape index (κ1) is 18.8. The van der Waals surface area contributed by atoms with Crippen LogP contribution in [-0.4, -0.2) is 48.7 Å². The van der Waals surface area contributed by atoms with Crippen LogP contribution in [0, 0.1) is 11.3 Å². The van der Waals surface area contributed by atoms with Gasteiger partial charge in [-0.05, 0) is 24.5 Å². The SMILES string of the molecule is C=CCOc1cc(OC)ccc1C(=O)N1CCC(C(=O)O)(C(C)C)C1. The van der Waals surface area contributed by atoms with Crippen LogP contribution < -0.4 is 9.47 Å². The molecule has 1 aromatic carbocycles. The summed E-state index contributed by atoms with van der Waals surface area (Å²) in [6, 6.07) is 4.99. The summed E-state index contributed by atoms with van der Waals surface area (Å²) < 4.78 is 10.8. The van der Waals surface area contributed by atoms with Crippen molar-refractivity contribution in [1.82, 2.24) is 4.90 Å². The second-order valence-corrected chi connectivity index (χ2v) is 6.55. The number of nitrogens with zero attached hydrogens (tertiary/aromatic N) is 1. The molecule has 1 saturated heterocycles. The number of hydrogen-bond acceptors (Lipinski definition) is 4. The fourth-order valence-corrected chi connectivity index (χ4v) is 3.14. The fourth-order valence-electron chi connectivity index (χ4n) is 3.14. The number of hydrogen-bond donors (Lipinski definition) is 1. The molecule has 0 spiro atoms. The zero-order chi connectivity index (χ0) is 18.6. The standard InChI is InChI=1S/C19H25NO5/c1-5-10-25-16-11-14(24-4)6-7-15(16)17(21)20-9-8-19(12-20,13(2)3)18(22)23/h5-7,11,13H,1,8-10,12H2,2-4H3,(H,22,23). The highest BCUT2D eigenvalue weighted by Crippen LogP contribution is 2.39. The van der Waals surface area contributed by atoms with E-state index in [1.165, 1.54) is 0 Å². The first-order valence-electron chi connectivity index (χ1n) is 8.30. The molecule has 1 unspecified atom stereocenters. The third-order valence-corrected chi connectivity index (χ3v) is 4.90. The second kappa shape index (κ2) is 7.59. The molecule has 0 saturated carbocycles. The molecule has 1 aromatic rings. The van der Waals surface area contributed by atoms with Crippen LogP contribution in [0.15, 0.2) is 30.9 Å². The Hall–Kier alpha value is -2.50. The van der Waals surface area contributed by atoms with Crippen molar-refractivity contribution < 1.29 is 24.2 Å². The van der Waals surface area contributed by atoms with Crippen LogP contribution in [-0.2, 0) is 4.79 Å². The van der Waals surface area contributed by atoms with E-state index in [1.54, 1.807) is 36.3 Å². The summed E-state index contributed by atoms with van der Waals surface area (Å²) >= 11 is 0. The minimum Gasteiger partial charge on any atom is -0.497 e. The predicted octanol–water partition coefficient (Wildman–Crippen LogP) is 2.83. The van der Waals surface area contributed by atoms with Crippen molar-refractivity contribution in [3.63, 3.8) is 0 Å². The molecule has 1 fully saturated rings. The summed E-state index contributed by atoms with van der Waals surface area (Å²) in [5.74, 6) is -0.156. The van der Waals surface area contributed by atoms with Gasteiger partial charge in [0.1, 0.15) is 18.1 Å². The molecule has 1 atom stereocenters. The fraction of sp³-hybridized carbons (Fsp3) is 0.474. The van der Waals surface area contributed by atoms with Crippen LogP contribution in [0.2, 0.25) is 0 Å². The Morgan fingerprint density at radius 1 is 1.44 bits per heavy atom. The molecule has 2 rings (SSSR count). The van der Waals surface area contributed by atoms with Gasteiger partial charge in [-0.3, -0.25) is 9.59 Å². The molecule has 0 aromatic heterocycles. The molecular weight excluding hydrogens is 322 g/mol. The van der Waals surface area contributed by atoms with Crippen LogP contribution in [0.3, 0.4) is 0 Å². The second-order valence-electron chi connectivity index (χ2n) is 6.55. The third kappa shape index (κ3) is 3.62. The first-order chi connectivity index (χ1) is 11.9. The average Bonchev–Trinajstić information content (AvgIpc) is 3.06. The number of ether oxygens (including phenoxy) is 2. The molecule has 1 aliphatic heterocycles. The molecule has 136 valence electrons. The molecule has 0 radical (unpaired) electrons. The largest absolute Gasteiger partial charge is 0.497 e. The maximum Gasteiger partial charge on any atom is 0.311 e. The van der Waals surface area contributed by atoms with Gasteiger partial charge in [0, 0.05) is 19.2 Å². The topological polar surface area (TPSA) is 76.1 Å². The van der Waals surface area contributed by atoms with E-state index in [1.807, 2.05) is 13.8 Å². The lowest BCUT2D eigenvalue weighted by atomic mass is 9.76. The van der Waals surface area contributed by atoms with E-state index in [-0.39, 0.29) is 25.0 Å². The van der Waals surface area contributed by atoms with E-state index < -0.39 is 11.4 Å². The van der Waals surface area contributed by atoms with Gasteiger partial charge in [-0.15, -0.1) is 0 Å². The van der Waals surface area contributed by atoms with Gasteiger partial charge in [0.05, 0.1) is 18.1 Å². The van der Waals surface area contributed by atoms with Gasteiger partial charge in [-0.2, -0.15) is 0 Å². The van der Waals surface area contributed by atoms with E-state index in [4.69, 9.17) is 9.47 Å². The summed E-state index contributed by atoms with van der Waals surface area (Å²) in [5.41, 5.74) is -0.503. The monoisotopic (exact) mass is 347 g/mol. The van der Waals surface area contributed by atoms with Gasteiger partial charge in [0.2, 0.25) is 0 Å². The van der Waals surface area contributed by atoms with E-state index >= 15 is 0 Å². The number of aliphatic carboxylic acids is 1. The Labute approximate surface area is 148 Å². The van der Waals surface area contributed by atoms with Crippen molar-refractivity contribution in [3.05, 3.63) is 36.4 Å². The lowest BCUT2D eigenvalue weighted by Crippen LogP contribution is -2.40. The summed E-state index contributed by atoms with van der Waals surface area (Å²) in [6.45, 7) is 8.25. The van der Waals surface area contributed by atoms with E-state index in [0.717, 1.165) is 0 Å². The maximum atomic E-state index is 12.9. The number of carbonyl (C=O) groups excluding carboxylic acids is 1. The predicted molar refractivity (Wildman–Crippen MR) is 94.1 cm³/mol. The van der Waals surface area contributed by atoms with Crippen molar-refractivity contribution >= 4 is 11.9 Å². The van der Waals surface area contributed by atoms with Crippen LogP contribution >= 0.6 is 0 Å². The van der Waals surface area contributed by atoms with Crippen molar-refractivity contribution in [2.75, 3.05) is 26.8 Å². The van der Waals surface area contributed by atoms with Gasteiger partial charge >= 0.3 is 5.97 Å². The van der Waals surface area contributed by atoms with Gasteiger partial charge < -0.3 is 19.5 Å². The summed E-state index contributed by atoms with van der Waals surface area (Å²) in [7, 11) is 1.54. The van der Waals surface area contributed by atoms with Gasteiger partial charge in [-0.1, -0.05) is 26.5 Å². The van der Waals surface area contributed by atoms with E-state index in [2.05, 4.69) is 6.58 Å². The Kier molecular flexibility index (Phi) is 5.72. The molecule has 1 amide bonds. The first-order valence-corrected chi connectivity index (χ1v) is 8.30. The number of benzene rings is 1. The zero-order valence-electron chi connectivity index (χ0n) is 14.9. The molecule has 1 heterocycles. The van der Waals surface area contributed by atoms with E-state index in [0.29, 0.717) is 30.0 Å². The van der Waals surface area contributed by atoms with Gasteiger partial charge in [-0.25, -0.2) is 0 Å². The van der Waals surface area contributed by atoms with E-state index in [9.17, 15) is 14.7 Å². The minimum atomic E-state index is -0.899. The van der Waals surface area contributed by atoms with Crippen molar-refractivity contribution in [3.8, 4) is 11.5 Å². The smallest absolute Gasteiger partial charge is 0.311 e. The number of amides is 1. The zero-order valence-corrected chi connectivity index (χ0v) is 14.9. The number of carboxylic acids is 1. The average molecular weight is 347 g/mol. The molecule has 1 aliphatic rings. The van der Waals surface area contributed by atoms with Crippen LogP contribution in [0.4, 0.5) is 0 Å². The number of rotatable bonds is 7. The molecule has 6 heteroatoms. The number of carboxylic acid groups (broad SMARTS) is 1. The highest BCUT2D eigenvalue weighted by Gasteiger charge is 2.48. The third-order valence-electron chi connectivity index (χ3n) is 4.90. The Bertz CT molecular complexity index is 670. The minimum absolute atomic E-state index is 0.0600. The molecule has 6 nitrogen and oxygen atoms in total. The molecule has 0 bridgehead atoms. The Morgan fingerprint density at radius 3 is 2.68 bits per heavy atom. The van der Waals surface area contributed by atoms with Gasteiger partial charge in [0.25, 0.3) is 5.91 Å². The number of methoxy groups -OCH3 is 1. The molecular formula is C19H25NO5. The highest BCUT2D eigenvalue weighted by atomic mass is 16.5. The van der Waals surface area contributed by atoms with Crippen molar-refractivity contribution in [1.29, 1.82) is 0 Å². The molecule has 0 aliphatic carbocycles. The number of likely N-dealkylation sites (tertiary alicyclic amines) is 1. The lowest BCUT2D eigenvalue weighted by molar-refractivity contribution is -0.150. The molecule has 1 N–H and O–H groups in total. The summed E-state index contributed by atoms with van der Waals surface area (Å²) in [4.78, 5) is 26.3. The summed E-state index contributed by atoms with van der Waals surface area (Å²) in [5, 5.41) is 9.65. The van der Waals surface area contributed by atoms with Gasteiger partial charge in [0.15, 0.2) is 0 Å². The lowest BCUT2D eigenvalue weighted by Gasteiger charge is -2.28. The maximum absolute atomic E-state index is 12.9. The Balaban J connectivity index is 2.29. The number of carbonyl (C=O) groups is 2. The van der Waals surface area contributed by atoms with Crippen molar-refractivity contribution in [2.45, 2.75) is 20.3 Å².